The highest BCUT2D eigenvalue weighted by Crippen LogP contribution is 2.60. The number of hydrogen-bond acceptors (Lipinski definition) is 1. The summed E-state index contributed by atoms with van der Waals surface area (Å²) in [5.74, 6) is 1.71. The molecule has 2 fully saturated rings. The molecule has 0 aromatic heterocycles. The molecular weight excluding hydrogens is 220 g/mol. The van der Waals surface area contributed by atoms with E-state index in [4.69, 9.17) is 5.73 Å². The topological polar surface area (TPSA) is 26.0 Å². The van der Waals surface area contributed by atoms with Gasteiger partial charge in [0.25, 0.3) is 6.43 Å². The molecule has 0 spiro atoms. The van der Waals surface area contributed by atoms with Gasteiger partial charge in [0.05, 0.1) is 0 Å². The predicted octanol–water partition coefficient (Wildman–Crippen LogP) is 3.13. The lowest BCUT2D eigenvalue weighted by Gasteiger charge is -2.36. The monoisotopic (exact) mass is 239 g/mol. The van der Waals surface area contributed by atoms with E-state index in [1.807, 2.05) is 13.0 Å². The Bertz CT molecular complexity index is 380. The van der Waals surface area contributed by atoms with Gasteiger partial charge < -0.3 is 5.73 Å². The van der Waals surface area contributed by atoms with Crippen LogP contribution in [-0.2, 0) is 0 Å². The Morgan fingerprint density at radius 1 is 1.35 bits per heavy atom. The lowest BCUT2D eigenvalue weighted by Crippen LogP contribution is -2.46. The molecule has 0 radical (unpaired) electrons. The molecule has 4 unspecified atom stereocenters. The predicted molar refractivity (Wildman–Crippen MR) is 63.6 cm³/mol. The van der Waals surface area contributed by atoms with Gasteiger partial charge in [0.15, 0.2) is 0 Å². The highest BCUT2D eigenvalue weighted by atomic mass is 19.3. The minimum atomic E-state index is -2.37. The average Bonchev–Trinajstić information content (AvgIpc) is 3.09. The quantitative estimate of drug-likeness (QED) is 0.804. The van der Waals surface area contributed by atoms with Crippen LogP contribution in [0.15, 0.2) is 23.8 Å². The van der Waals surface area contributed by atoms with Gasteiger partial charge >= 0.3 is 0 Å². The van der Waals surface area contributed by atoms with Gasteiger partial charge in [-0.1, -0.05) is 18.2 Å². The van der Waals surface area contributed by atoms with Crippen molar-refractivity contribution in [2.24, 2.45) is 29.4 Å². The minimum Gasteiger partial charge on any atom is -0.322 e. The highest BCUT2D eigenvalue weighted by molar-refractivity contribution is 5.33. The molecule has 0 heterocycles. The molecule has 94 valence electrons. The minimum absolute atomic E-state index is 0.155. The van der Waals surface area contributed by atoms with Crippen LogP contribution in [0.3, 0.4) is 0 Å². The first-order chi connectivity index (χ1) is 8.00. The van der Waals surface area contributed by atoms with E-state index in [9.17, 15) is 8.78 Å². The Labute approximate surface area is 101 Å². The number of alkyl halides is 2. The van der Waals surface area contributed by atoms with Crippen molar-refractivity contribution in [1.82, 2.24) is 0 Å². The first kappa shape index (κ1) is 11.4. The molecule has 2 N–H and O–H groups in total. The molecule has 3 rings (SSSR count). The summed E-state index contributed by atoms with van der Waals surface area (Å²) in [6.07, 6.45) is 6.45. The van der Waals surface area contributed by atoms with Gasteiger partial charge in [0.1, 0.15) is 0 Å². The van der Waals surface area contributed by atoms with Gasteiger partial charge in [-0.2, -0.15) is 0 Å². The lowest BCUT2D eigenvalue weighted by molar-refractivity contribution is 0.155. The van der Waals surface area contributed by atoms with E-state index >= 15 is 0 Å². The maximum absolute atomic E-state index is 13.1. The van der Waals surface area contributed by atoms with Crippen molar-refractivity contribution < 1.29 is 8.78 Å². The molecule has 0 aliphatic heterocycles. The van der Waals surface area contributed by atoms with Crippen LogP contribution in [0.2, 0.25) is 0 Å². The summed E-state index contributed by atoms with van der Waals surface area (Å²) in [4.78, 5) is 0. The second-order valence-electron chi connectivity index (χ2n) is 6.07. The third-order valence-electron chi connectivity index (χ3n) is 4.57. The maximum atomic E-state index is 13.1. The molecule has 0 bridgehead atoms. The zero-order valence-electron chi connectivity index (χ0n) is 10.1. The first-order valence-corrected chi connectivity index (χ1v) is 6.47. The zero-order chi connectivity index (χ0) is 12.2. The Kier molecular flexibility index (Phi) is 2.44. The van der Waals surface area contributed by atoms with Gasteiger partial charge in [-0.3, -0.25) is 0 Å². The lowest BCUT2D eigenvalue weighted by atomic mass is 9.74. The van der Waals surface area contributed by atoms with Crippen LogP contribution in [-0.4, -0.2) is 12.0 Å². The first-order valence-electron chi connectivity index (χ1n) is 6.47. The van der Waals surface area contributed by atoms with Crippen LogP contribution in [0.25, 0.3) is 0 Å². The van der Waals surface area contributed by atoms with E-state index in [1.54, 1.807) is 12.2 Å². The smallest absolute Gasteiger partial charge is 0.260 e. The van der Waals surface area contributed by atoms with Gasteiger partial charge in [0, 0.05) is 17.0 Å². The second-order valence-corrected chi connectivity index (χ2v) is 6.07. The molecular formula is C14H19F2N. The summed E-state index contributed by atoms with van der Waals surface area (Å²) >= 11 is 0. The van der Waals surface area contributed by atoms with Crippen molar-refractivity contribution in [1.29, 1.82) is 0 Å². The molecule has 0 aromatic carbocycles. The Hall–Kier alpha value is -0.700. The molecule has 3 aliphatic rings. The largest absolute Gasteiger partial charge is 0.322 e. The molecule has 17 heavy (non-hydrogen) atoms. The van der Waals surface area contributed by atoms with Crippen LogP contribution >= 0.6 is 0 Å². The van der Waals surface area contributed by atoms with Crippen LogP contribution < -0.4 is 5.73 Å². The van der Waals surface area contributed by atoms with Gasteiger partial charge in [-0.05, 0) is 43.9 Å². The third-order valence-corrected chi connectivity index (χ3v) is 4.57. The van der Waals surface area contributed by atoms with Crippen molar-refractivity contribution in [3.05, 3.63) is 23.8 Å². The van der Waals surface area contributed by atoms with E-state index in [1.165, 1.54) is 12.8 Å². The van der Waals surface area contributed by atoms with Crippen molar-refractivity contribution in [2.45, 2.75) is 38.2 Å². The van der Waals surface area contributed by atoms with Gasteiger partial charge in [-0.25, -0.2) is 8.78 Å². The molecule has 1 nitrogen and oxygen atoms in total. The Balaban J connectivity index is 1.83. The molecule has 3 heteroatoms. The normalized spacial score (nSPS) is 45.0. The van der Waals surface area contributed by atoms with Crippen molar-refractivity contribution >= 4 is 0 Å². The molecule has 4 atom stereocenters. The van der Waals surface area contributed by atoms with E-state index < -0.39 is 12.0 Å². The van der Waals surface area contributed by atoms with E-state index in [2.05, 4.69) is 0 Å². The summed E-state index contributed by atoms with van der Waals surface area (Å²) in [6, 6.07) is 0. The van der Waals surface area contributed by atoms with E-state index in [0.29, 0.717) is 11.8 Å². The van der Waals surface area contributed by atoms with E-state index in [-0.39, 0.29) is 11.5 Å². The molecule has 0 aromatic rings. The second kappa shape index (κ2) is 3.64. The fourth-order valence-corrected chi connectivity index (χ4v) is 3.54. The maximum Gasteiger partial charge on any atom is 0.260 e. The van der Waals surface area contributed by atoms with Crippen molar-refractivity contribution in [2.75, 3.05) is 0 Å². The fraction of sp³-hybridized carbons (Fsp3) is 0.714. The number of allylic oxidation sites excluding steroid dienone is 2. The van der Waals surface area contributed by atoms with Crippen molar-refractivity contribution in [3.8, 4) is 0 Å². The van der Waals surface area contributed by atoms with Gasteiger partial charge in [-0.15, -0.1) is 0 Å². The van der Waals surface area contributed by atoms with Crippen molar-refractivity contribution in [3.63, 3.8) is 0 Å². The summed E-state index contributed by atoms with van der Waals surface area (Å²) < 4.78 is 26.2. The number of halogens is 2. The van der Waals surface area contributed by atoms with Crippen LogP contribution in [0.1, 0.15) is 26.2 Å². The molecule has 0 saturated heterocycles. The number of nitrogens with two attached hydrogens (primary N) is 1. The number of rotatable bonds is 3. The van der Waals surface area contributed by atoms with Crippen LogP contribution in [0.5, 0.6) is 0 Å². The zero-order valence-corrected chi connectivity index (χ0v) is 10.1. The Morgan fingerprint density at radius 3 is 2.65 bits per heavy atom. The SMILES string of the molecule is CC1(N)C=CC=C(C(F)F)C1C1CC1C1CC1. The average molecular weight is 239 g/mol. The standard InChI is InChI=1S/C14H19F2N/c1-14(17)6-2-3-9(13(15)16)12(14)11-7-10(11)8-4-5-8/h2-3,6,8,10-13H,4-5,7,17H2,1H3. The molecule has 0 amide bonds. The summed E-state index contributed by atoms with van der Waals surface area (Å²) in [5, 5.41) is 0. The summed E-state index contributed by atoms with van der Waals surface area (Å²) in [7, 11) is 0. The van der Waals surface area contributed by atoms with Gasteiger partial charge in [0.2, 0.25) is 0 Å². The van der Waals surface area contributed by atoms with Crippen LogP contribution in [0, 0.1) is 23.7 Å². The van der Waals surface area contributed by atoms with Crippen LogP contribution in [0.4, 0.5) is 8.78 Å². The summed E-state index contributed by atoms with van der Waals surface area (Å²) in [6.45, 7) is 1.88. The highest BCUT2D eigenvalue weighted by Gasteiger charge is 2.55. The number of hydrogen-bond donors (Lipinski definition) is 1. The summed E-state index contributed by atoms with van der Waals surface area (Å²) in [5.41, 5.74) is 5.87. The Morgan fingerprint density at radius 2 is 2.06 bits per heavy atom. The third kappa shape index (κ3) is 1.95. The fourth-order valence-electron chi connectivity index (χ4n) is 3.54. The molecule has 3 aliphatic carbocycles. The molecule has 2 saturated carbocycles. The van der Waals surface area contributed by atoms with E-state index in [0.717, 1.165) is 12.3 Å².